The van der Waals surface area contributed by atoms with Crippen LogP contribution in [-0.4, -0.2) is 87.8 Å². The Morgan fingerprint density at radius 3 is 1.98 bits per heavy atom. The first-order valence-electron chi connectivity index (χ1n) is 22.4. The number of para-hydroxylation sites is 1. The number of aromatic nitrogens is 1. The maximum Gasteiger partial charge on any atom is 0.408 e. The lowest BCUT2D eigenvalue weighted by atomic mass is 9.90. The van der Waals surface area contributed by atoms with Crippen LogP contribution in [0.1, 0.15) is 127 Å². The Balaban J connectivity index is 1.60. The van der Waals surface area contributed by atoms with Gasteiger partial charge in [0, 0.05) is 68.2 Å². The molecule has 3 rings (SSSR count). The van der Waals surface area contributed by atoms with Crippen molar-refractivity contribution in [2.75, 3.05) is 13.1 Å². The number of ether oxygens (including phenoxy) is 1. The van der Waals surface area contributed by atoms with Gasteiger partial charge in [0.1, 0.15) is 12.6 Å². The third-order valence-corrected chi connectivity index (χ3v) is 10.8. The molecule has 0 radical (unpaired) electrons. The fourth-order valence-corrected chi connectivity index (χ4v) is 7.27. The van der Waals surface area contributed by atoms with Crippen LogP contribution in [-0.2, 0) is 51.3 Å². The molecule has 3 atom stereocenters. The number of carbonyl (C=O) groups is 8. The summed E-state index contributed by atoms with van der Waals surface area (Å²) in [5, 5.41) is 30.1. The smallest absolute Gasteiger partial charge is 0.408 e. The molecule has 1 aromatic heterocycles. The summed E-state index contributed by atoms with van der Waals surface area (Å²) in [5.74, 6) is -5.22. The monoisotopic (exact) mass is 890 g/mol. The first-order valence-corrected chi connectivity index (χ1v) is 22.4. The van der Waals surface area contributed by atoms with Crippen molar-refractivity contribution in [1.82, 2.24) is 26.3 Å². The summed E-state index contributed by atoms with van der Waals surface area (Å²) in [6.45, 7) is 0.211. The summed E-state index contributed by atoms with van der Waals surface area (Å²) in [6, 6.07) is 14.2. The van der Waals surface area contributed by atoms with E-state index in [0.717, 1.165) is 73.4 Å². The second kappa shape index (κ2) is 29.9. The molecule has 0 fully saturated rings. The van der Waals surface area contributed by atoms with Crippen LogP contribution in [0.15, 0.2) is 60.8 Å². The van der Waals surface area contributed by atoms with Gasteiger partial charge in [-0.3, -0.25) is 28.8 Å². The number of alkyl carbamates (subject to hydrolysis) is 1. The van der Waals surface area contributed by atoms with Crippen molar-refractivity contribution in [3.63, 3.8) is 0 Å². The Bertz CT molecular complexity index is 1950. The van der Waals surface area contributed by atoms with Gasteiger partial charge in [0.15, 0.2) is 5.78 Å². The van der Waals surface area contributed by atoms with E-state index in [1.165, 1.54) is 0 Å². The number of carboxylic acids is 2. The molecule has 5 amide bonds. The van der Waals surface area contributed by atoms with Gasteiger partial charge < -0.3 is 46.9 Å². The molecular weight excluding hydrogens is 825 g/mol. The molecule has 0 unspecified atom stereocenters. The number of benzene rings is 2. The van der Waals surface area contributed by atoms with E-state index >= 15 is 0 Å². The van der Waals surface area contributed by atoms with E-state index in [2.05, 4.69) is 26.3 Å². The number of hydrogen-bond acceptors (Lipinski definition) is 9. The first-order chi connectivity index (χ1) is 30.8. The number of aromatic amines is 1. The quantitative estimate of drug-likeness (QED) is 0.0343. The van der Waals surface area contributed by atoms with Crippen LogP contribution in [0, 0.1) is 5.92 Å². The van der Waals surface area contributed by atoms with E-state index in [4.69, 9.17) is 15.6 Å². The van der Waals surface area contributed by atoms with Gasteiger partial charge in [-0.25, -0.2) is 9.59 Å². The van der Waals surface area contributed by atoms with Crippen LogP contribution < -0.4 is 27.0 Å². The molecule has 17 nitrogen and oxygen atoms in total. The van der Waals surface area contributed by atoms with Gasteiger partial charge in [0.05, 0.1) is 6.04 Å². The van der Waals surface area contributed by atoms with Crippen molar-refractivity contribution in [2.45, 2.75) is 141 Å². The van der Waals surface area contributed by atoms with Crippen molar-refractivity contribution < 1.29 is 53.3 Å². The molecule has 64 heavy (non-hydrogen) atoms. The minimum absolute atomic E-state index is 0.0241. The number of aliphatic carboxylic acids is 2. The highest BCUT2D eigenvalue weighted by Crippen LogP contribution is 2.23. The van der Waals surface area contributed by atoms with Crippen molar-refractivity contribution in [3.8, 4) is 0 Å². The van der Waals surface area contributed by atoms with Gasteiger partial charge in [-0.1, -0.05) is 87.1 Å². The third kappa shape index (κ3) is 21.7. The normalized spacial score (nSPS) is 12.4. The summed E-state index contributed by atoms with van der Waals surface area (Å²) in [4.78, 5) is 103. The van der Waals surface area contributed by atoms with E-state index in [9.17, 15) is 43.5 Å². The largest absolute Gasteiger partial charge is 0.481 e. The van der Waals surface area contributed by atoms with E-state index < -0.39 is 53.6 Å². The molecule has 2 aromatic carbocycles. The summed E-state index contributed by atoms with van der Waals surface area (Å²) in [6.07, 6.45) is 10.1. The molecule has 0 bridgehead atoms. The second-order valence-corrected chi connectivity index (χ2v) is 16.1. The lowest BCUT2D eigenvalue weighted by Crippen LogP contribution is -2.45. The number of H-pyrrole nitrogens is 1. The van der Waals surface area contributed by atoms with E-state index in [1.54, 1.807) is 18.3 Å². The van der Waals surface area contributed by atoms with Gasteiger partial charge in [-0.05, 0) is 68.6 Å². The maximum atomic E-state index is 14.1. The number of fused-ring (bicyclic) bond motifs is 1. The van der Waals surface area contributed by atoms with Gasteiger partial charge >= 0.3 is 18.0 Å². The van der Waals surface area contributed by atoms with Crippen LogP contribution in [0.5, 0.6) is 0 Å². The van der Waals surface area contributed by atoms with E-state index in [1.807, 2.05) is 42.5 Å². The number of ketones is 1. The molecular formula is C47H66N6O11. The first kappa shape index (κ1) is 52.1. The lowest BCUT2D eigenvalue weighted by molar-refractivity contribution is -0.142. The molecule has 0 saturated carbocycles. The summed E-state index contributed by atoms with van der Waals surface area (Å²) in [7, 11) is 0. The molecule has 17 heteroatoms. The number of nitrogens with two attached hydrogens (primary N) is 1. The van der Waals surface area contributed by atoms with Crippen LogP contribution in [0.25, 0.3) is 10.9 Å². The van der Waals surface area contributed by atoms with Crippen LogP contribution in [0.4, 0.5) is 4.79 Å². The van der Waals surface area contributed by atoms with Crippen molar-refractivity contribution in [2.24, 2.45) is 11.7 Å². The Kier molecular flexibility index (Phi) is 24.4. The molecule has 3 aromatic rings. The highest BCUT2D eigenvalue weighted by atomic mass is 16.5. The minimum Gasteiger partial charge on any atom is -0.481 e. The van der Waals surface area contributed by atoms with Crippen molar-refractivity contribution >= 4 is 58.3 Å². The number of rotatable bonds is 34. The average molecular weight is 891 g/mol. The van der Waals surface area contributed by atoms with Gasteiger partial charge in [-0.2, -0.15) is 0 Å². The predicted molar refractivity (Wildman–Crippen MR) is 240 cm³/mol. The highest BCUT2D eigenvalue weighted by molar-refractivity contribution is 5.92. The standard InChI is InChI=1S/C47H66N6O11/c48-41(55)22-10-5-3-1-2-4-6-11-23-42(56)49-27-15-14-21-38(53-47(63)64-32-33-17-8-7-9-18-33)40(54)30-34(29-35-31-51-37-20-13-12-19-36(35)37)45(60)50-28-26-39(46(61)62)52-43(57)24-16-25-44(58)59/h7-9,12-13,17-20,31,34,38-39,51H,1-6,10-11,14-16,21-30,32H2,(H2,48,55)(H,49,56)(H,50,60)(H,52,57)(H,53,63)(H,58,59)(H,61,62)/t34-,38-,39+/m0/s1. The lowest BCUT2D eigenvalue weighted by Gasteiger charge is -2.22. The SMILES string of the molecule is NC(=O)CCCCCCCCCCC(=O)NCCCC[C@H](NC(=O)OCc1ccccc1)C(=O)C[C@H](Cc1c[nH]c2ccccc12)C(=O)NCC[C@@H](NC(=O)CCCC(=O)O)C(=O)O. The maximum absolute atomic E-state index is 14.1. The van der Waals surface area contributed by atoms with Crippen LogP contribution in [0.3, 0.4) is 0 Å². The number of primary amides is 1. The molecule has 0 aliphatic carbocycles. The Hall–Kier alpha value is -6.26. The molecule has 1 heterocycles. The molecule has 9 N–H and O–H groups in total. The van der Waals surface area contributed by atoms with Gasteiger partial charge in [0.2, 0.25) is 23.6 Å². The zero-order valence-electron chi connectivity index (χ0n) is 36.7. The number of unbranched alkanes of at least 4 members (excludes halogenated alkanes) is 8. The second-order valence-electron chi connectivity index (χ2n) is 16.1. The number of carbonyl (C=O) groups excluding carboxylic acids is 6. The Morgan fingerprint density at radius 1 is 0.641 bits per heavy atom. The number of amides is 5. The fraction of sp³-hybridized carbons (Fsp3) is 0.532. The van der Waals surface area contributed by atoms with Crippen molar-refractivity contribution in [1.29, 1.82) is 0 Å². The third-order valence-electron chi connectivity index (χ3n) is 10.8. The molecule has 0 spiro atoms. The molecule has 350 valence electrons. The molecule has 0 saturated heterocycles. The summed E-state index contributed by atoms with van der Waals surface area (Å²) in [5.41, 5.74) is 7.54. The van der Waals surface area contributed by atoms with Crippen molar-refractivity contribution in [3.05, 3.63) is 71.9 Å². The highest BCUT2D eigenvalue weighted by Gasteiger charge is 2.29. The van der Waals surface area contributed by atoms with E-state index in [-0.39, 0.29) is 69.9 Å². The number of nitrogens with one attached hydrogen (secondary N) is 5. The topological polar surface area (TPSA) is 276 Å². The zero-order chi connectivity index (χ0) is 46.5. The molecule has 0 aliphatic heterocycles. The van der Waals surface area contributed by atoms with Crippen LogP contribution in [0.2, 0.25) is 0 Å². The van der Waals surface area contributed by atoms with Gasteiger partial charge in [-0.15, -0.1) is 0 Å². The molecule has 0 aliphatic rings. The predicted octanol–water partition coefficient (Wildman–Crippen LogP) is 5.58. The van der Waals surface area contributed by atoms with Gasteiger partial charge in [0.25, 0.3) is 0 Å². The number of carboxylic acid groups (broad SMARTS) is 2. The summed E-state index contributed by atoms with van der Waals surface area (Å²) < 4.78 is 5.44. The Labute approximate surface area is 374 Å². The fourth-order valence-electron chi connectivity index (χ4n) is 7.27. The van der Waals surface area contributed by atoms with E-state index in [0.29, 0.717) is 32.2 Å². The average Bonchev–Trinajstić information content (AvgIpc) is 3.67. The summed E-state index contributed by atoms with van der Waals surface area (Å²) >= 11 is 0. The number of hydrogen-bond donors (Lipinski definition) is 8. The Morgan fingerprint density at radius 2 is 1.30 bits per heavy atom. The van der Waals surface area contributed by atoms with Crippen LogP contribution >= 0.6 is 0 Å². The number of Topliss-reactive ketones (excluding diaryl/α,β-unsaturated/α-hetero) is 1. The zero-order valence-corrected chi connectivity index (χ0v) is 36.7. The minimum atomic E-state index is -1.35.